The molecule has 0 aromatic carbocycles. The maximum atomic E-state index is 12.4. The van der Waals surface area contributed by atoms with Gasteiger partial charge in [-0.2, -0.15) is 0 Å². The Morgan fingerprint density at radius 1 is 1.29 bits per heavy atom. The van der Waals surface area contributed by atoms with E-state index in [1.165, 1.54) is 19.3 Å². The molecule has 0 aliphatic heterocycles. The third-order valence-electron chi connectivity index (χ3n) is 4.00. The summed E-state index contributed by atoms with van der Waals surface area (Å²) >= 11 is 0. The Labute approximate surface area is 109 Å². The Morgan fingerprint density at radius 3 is 2.59 bits per heavy atom. The fourth-order valence-electron chi connectivity index (χ4n) is 2.90. The molecule has 1 aliphatic rings. The second-order valence-corrected chi connectivity index (χ2v) is 7.67. The van der Waals surface area contributed by atoms with Crippen LogP contribution in [0.4, 0.5) is 0 Å². The first kappa shape index (κ1) is 15.2. The highest BCUT2D eigenvalue weighted by Gasteiger charge is 2.43. The fourth-order valence-corrected chi connectivity index (χ4v) is 4.84. The van der Waals surface area contributed by atoms with Gasteiger partial charge in [0.25, 0.3) is 0 Å². The van der Waals surface area contributed by atoms with Gasteiger partial charge in [0.05, 0.1) is 5.25 Å². The molecule has 102 valence electrons. The summed E-state index contributed by atoms with van der Waals surface area (Å²) in [6.07, 6.45) is 5.88. The predicted molar refractivity (Wildman–Crippen MR) is 76.8 cm³/mol. The van der Waals surface area contributed by atoms with E-state index in [1.807, 2.05) is 0 Å². The quantitative estimate of drug-likeness (QED) is 0.712. The minimum absolute atomic E-state index is 0.307. The molecule has 0 spiro atoms. The van der Waals surface area contributed by atoms with Crippen LogP contribution in [0.25, 0.3) is 0 Å². The van der Waals surface area contributed by atoms with Gasteiger partial charge in [-0.15, -0.1) is 0 Å². The predicted octanol–water partition coefficient (Wildman–Crippen LogP) is 3.09. The van der Waals surface area contributed by atoms with Crippen molar-refractivity contribution < 1.29 is 4.21 Å². The van der Waals surface area contributed by atoms with E-state index in [4.69, 9.17) is 0 Å². The van der Waals surface area contributed by atoms with Crippen molar-refractivity contribution in [3.63, 3.8) is 0 Å². The summed E-state index contributed by atoms with van der Waals surface area (Å²) in [5.74, 6) is 0.899. The van der Waals surface area contributed by atoms with E-state index in [-0.39, 0.29) is 0 Å². The lowest BCUT2D eigenvalue weighted by molar-refractivity contribution is 0.289. The van der Waals surface area contributed by atoms with Crippen LogP contribution in [-0.2, 0) is 10.8 Å². The highest BCUT2D eigenvalue weighted by atomic mass is 32.2. The number of hydrogen-bond acceptors (Lipinski definition) is 2. The van der Waals surface area contributed by atoms with E-state index in [2.05, 4.69) is 33.0 Å². The van der Waals surface area contributed by atoms with Crippen LogP contribution in [0.3, 0.4) is 0 Å². The van der Waals surface area contributed by atoms with E-state index in [1.54, 1.807) is 0 Å². The van der Waals surface area contributed by atoms with Gasteiger partial charge >= 0.3 is 0 Å². The van der Waals surface area contributed by atoms with Gasteiger partial charge in [0.15, 0.2) is 0 Å². The Bertz CT molecular complexity index is 253. The zero-order chi connectivity index (χ0) is 12.9. The van der Waals surface area contributed by atoms with Crippen LogP contribution in [0.1, 0.15) is 59.8 Å². The third kappa shape index (κ3) is 4.06. The molecular formula is C14H29NOS. The molecule has 1 rings (SSSR count). The van der Waals surface area contributed by atoms with Gasteiger partial charge < -0.3 is 5.32 Å². The smallest absolute Gasteiger partial charge is 0.0506 e. The van der Waals surface area contributed by atoms with Gasteiger partial charge in [0, 0.05) is 22.6 Å². The van der Waals surface area contributed by atoms with Gasteiger partial charge in [-0.3, -0.25) is 4.21 Å². The Kier molecular flexibility index (Phi) is 6.14. The molecule has 3 unspecified atom stereocenters. The lowest BCUT2D eigenvalue weighted by atomic mass is 9.87. The van der Waals surface area contributed by atoms with Crippen LogP contribution in [0.5, 0.6) is 0 Å². The third-order valence-corrected chi connectivity index (χ3v) is 5.87. The molecule has 0 aromatic heterocycles. The molecule has 0 radical (unpaired) electrons. The maximum absolute atomic E-state index is 12.4. The van der Waals surface area contributed by atoms with Crippen LogP contribution in [0.15, 0.2) is 0 Å². The van der Waals surface area contributed by atoms with Crippen molar-refractivity contribution >= 4 is 10.8 Å². The van der Waals surface area contributed by atoms with Crippen LogP contribution in [-0.4, -0.2) is 27.8 Å². The highest BCUT2D eigenvalue weighted by Crippen LogP contribution is 2.40. The zero-order valence-corrected chi connectivity index (χ0v) is 12.7. The summed E-state index contributed by atoms with van der Waals surface area (Å²) in [5.41, 5.74) is 0.307. The fraction of sp³-hybridized carbons (Fsp3) is 1.00. The van der Waals surface area contributed by atoms with Gasteiger partial charge in [-0.1, -0.05) is 40.5 Å². The average molecular weight is 259 g/mol. The van der Waals surface area contributed by atoms with Crippen LogP contribution in [0, 0.1) is 5.41 Å². The SMILES string of the molecule is CCCCCS(=O)C1CCC(C)(C)C1NCC. The lowest BCUT2D eigenvalue weighted by Crippen LogP contribution is -2.46. The van der Waals surface area contributed by atoms with Crippen molar-refractivity contribution in [3.05, 3.63) is 0 Å². The summed E-state index contributed by atoms with van der Waals surface area (Å²) in [4.78, 5) is 0. The van der Waals surface area contributed by atoms with Crippen molar-refractivity contribution in [1.82, 2.24) is 5.32 Å². The molecule has 1 saturated carbocycles. The molecule has 0 aromatic rings. The van der Waals surface area contributed by atoms with Crippen molar-refractivity contribution in [3.8, 4) is 0 Å². The van der Waals surface area contributed by atoms with Crippen LogP contribution >= 0.6 is 0 Å². The largest absolute Gasteiger partial charge is 0.313 e. The monoisotopic (exact) mass is 259 g/mol. The second-order valence-electron chi connectivity index (χ2n) is 5.89. The zero-order valence-electron chi connectivity index (χ0n) is 11.9. The van der Waals surface area contributed by atoms with Crippen molar-refractivity contribution in [2.24, 2.45) is 5.41 Å². The van der Waals surface area contributed by atoms with Crippen molar-refractivity contribution in [2.75, 3.05) is 12.3 Å². The minimum Gasteiger partial charge on any atom is -0.313 e. The number of nitrogens with one attached hydrogen (secondary N) is 1. The molecule has 0 saturated heterocycles. The van der Waals surface area contributed by atoms with Crippen molar-refractivity contribution in [1.29, 1.82) is 0 Å². The average Bonchev–Trinajstić information content (AvgIpc) is 2.56. The number of hydrogen-bond donors (Lipinski definition) is 1. The lowest BCUT2D eigenvalue weighted by Gasteiger charge is -2.31. The van der Waals surface area contributed by atoms with Crippen LogP contribution < -0.4 is 5.32 Å². The molecule has 3 atom stereocenters. The second kappa shape index (κ2) is 6.89. The molecule has 1 fully saturated rings. The summed E-state index contributed by atoms with van der Waals surface area (Å²) in [7, 11) is -0.637. The van der Waals surface area contributed by atoms with Gasteiger partial charge in [-0.05, 0) is 31.2 Å². The first-order valence-electron chi connectivity index (χ1n) is 7.13. The van der Waals surface area contributed by atoms with Gasteiger partial charge in [0.1, 0.15) is 0 Å². The summed E-state index contributed by atoms with van der Waals surface area (Å²) in [6.45, 7) is 9.94. The maximum Gasteiger partial charge on any atom is 0.0506 e. The van der Waals surface area contributed by atoms with Gasteiger partial charge in [0.2, 0.25) is 0 Å². The van der Waals surface area contributed by atoms with E-state index in [0.717, 1.165) is 25.1 Å². The molecular weight excluding hydrogens is 230 g/mol. The first-order valence-corrected chi connectivity index (χ1v) is 8.51. The Hall–Kier alpha value is 0.110. The van der Waals surface area contributed by atoms with E-state index < -0.39 is 10.8 Å². The van der Waals surface area contributed by atoms with E-state index in [0.29, 0.717) is 16.7 Å². The molecule has 2 nitrogen and oxygen atoms in total. The van der Waals surface area contributed by atoms with E-state index in [9.17, 15) is 4.21 Å². The minimum atomic E-state index is -0.637. The molecule has 17 heavy (non-hydrogen) atoms. The standard InChI is InChI=1S/C14H29NOS/c1-5-7-8-11-17(16)12-9-10-14(3,4)13(12)15-6-2/h12-13,15H,5-11H2,1-4H3. The summed E-state index contributed by atoms with van der Waals surface area (Å²) < 4.78 is 12.4. The first-order chi connectivity index (χ1) is 8.03. The molecule has 0 bridgehead atoms. The normalized spacial score (nSPS) is 29.4. The van der Waals surface area contributed by atoms with Gasteiger partial charge in [-0.25, -0.2) is 0 Å². The summed E-state index contributed by atoms with van der Waals surface area (Å²) in [6, 6.07) is 0.440. The molecule has 0 heterocycles. The summed E-state index contributed by atoms with van der Waals surface area (Å²) in [5, 5.41) is 3.94. The molecule has 1 aliphatic carbocycles. The van der Waals surface area contributed by atoms with E-state index >= 15 is 0 Å². The van der Waals surface area contributed by atoms with Crippen LogP contribution in [0.2, 0.25) is 0 Å². The molecule has 1 N–H and O–H groups in total. The topological polar surface area (TPSA) is 29.1 Å². The Balaban J connectivity index is 2.54. The highest BCUT2D eigenvalue weighted by molar-refractivity contribution is 7.85. The Morgan fingerprint density at radius 2 is 2.00 bits per heavy atom. The molecule has 0 amide bonds. The van der Waals surface area contributed by atoms with Crippen molar-refractivity contribution in [2.45, 2.75) is 71.1 Å². The molecule has 3 heteroatoms. The number of rotatable bonds is 7. The number of unbranched alkanes of at least 4 members (excludes halogenated alkanes) is 2.